The molecule has 0 bridgehead atoms. The Morgan fingerprint density at radius 1 is 1.00 bits per heavy atom. The highest BCUT2D eigenvalue weighted by Gasteiger charge is 2.22. The molecular formula is C21H26ClN3O4S. The van der Waals surface area contributed by atoms with Crippen molar-refractivity contribution in [1.29, 1.82) is 0 Å². The summed E-state index contributed by atoms with van der Waals surface area (Å²) in [6, 6.07) is 13.5. The van der Waals surface area contributed by atoms with Crippen molar-refractivity contribution in [2.24, 2.45) is 0 Å². The van der Waals surface area contributed by atoms with Crippen molar-refractivity contribution >= 4 is 39.1 Å². The molecule has 9 heteroatoms. The number of hydrogen-bond acceptors (Lipinski definition) is 4. The summed E-state index contributed by atoms with van der Waals surface area (Å²) in [7, 11) is -3.67. The summed E-state index contributed by atoms with van der Waals surface area (Å²) in [5, 5.41) is 5.54. The lowest BCUT2D eigenvalue weighted by Crippen LogP contribution is -2.30. The lowest BCUT2D eigenvalue weighted by atomic mass is 10.1. The van der Waals surface area contributed by atoms with Gasteiger partial charge in [0.1, 0.15) is 0 Å². The van der Waals surface area contributed by atoms with Gasteiger partial charge in [-0.2, -0.15) is 4.31 Å². The number of nitrogens with one attached hydrogen (secondary N) is 2. The number of anilines is 1. The fourth-order valence-corrected chi connectivity index (χ4v) is 4.49. The third-order valence-electron chi connectivity index (χ3n) is 4.44. The Morgan fingerprint density at radius 3 is 2.30 bits per heavy atom. The van der Waals surface area contributed by atoms with Gasteiger partial charge in [0, 0.05) is 26.1 Å². The van der Waals surface area contributed by atoms with Crippen molar-refractivity contribution in [2.75, 3.05) is 25.0 Å². The molecule has 2 aromatic rings. The molecule has 2 amide bonds. The van der Waals surface area contributed by atoms with Crippen LogP contribution in [-0.2, 0) is 26.0 Å². The van der Waals surface area contributed by atoms with E-state index in [0.717, 1.165) is 5.56 Å². The van der Waals surface area contributed by atoms with Crippen LogP contribution in [0.15, 0.2) is 53.4 Å². The summed E-state index contributed by atoms with van der Waals surface area (Å²) < 4.78 is 26.7. The SMILES string of the molecule is CCN(CC)S(=O)(=O)c1ccc(Cl)c(NC(=O)CCNC(=O)Cc2ccccc2)c1. The lowest BCUT2D eigenvalue weighted by Gasteiger charge is -2.19. The van der Waals surface area contributed by atoms with Crippen molar-refractivity contribution in [3.05, 3.63) is 59.1 Å². The Hall–Kier alpha value is -2.42. The molecule has 7 nitrogen and oxygen atoms in total. The van der Waals surface area contributed by atoms with Gasteiger partial charge >= 0.3 is 0 Å². The Labute approximate surface area is 182 Å². The zero-order chi connectivity index (χ0) is 22.1. The maximum atomic E-state index is 12.7. The number of sulfonamides is 1. The number of halogens is 1. The molecule has 30 heavy (non-hydrogen) atoms. The van der Waals surface area contributed by atoms with Gasteiger partial charge in [0.2, 0.25) is 21.8 Å². The van der Waals surface area contributed by atoms with Crippen molar-refractivity contribution < 1.29 is 18.0 Å². The number of hydrogen-bond donors (Lipinski definition) is 2. The zero-order valence-electron chi connectivity index (χ0n) is 17.0. The van der Waals surface area contributed by atoms with Crippen LogP contribution in [-0.4, -0.2) is 44.2 Å². The second-order valence-electron chi connectivity index (χ2n) is 6.54. The monoisotopic (exact) mass is 451 g/mol. The summed E-state index contributed by atoms with van der Waals surface area (Å²) in [6.45, 7) is 4.35. The van der Waals surface area contributed by atoms with E-state index < -0.39 is 10.0 Å². The molecule has 0 fully saturated rings. The van der Waals surface area contributed by atoms with Gasteiger partial charge in [0.05, 0.1) is 22.0 Å². The van der Waals surface area contributed by atoms with Crippen LogP contribution in [0.2, 0.25) is 5.02 Å². The molecule has 0 aliphatic carbocycles. The number of carbonyl (C=O) groups is 2. The second-order valence-corrected chi connectivity index (χ2v) is 8.89. The fraction of sp³-hybridized carbons (Fsp3) is 0.333. The van der Waals surface area contributed by atoms with Crippen molar-refractivity contribution in [3.8, 4) is 0 Å². The number of rotatable bonds is 10. The van der Waals surface area contributed by atoms with Gasteiger partial charge in [0.25, 0.3) is 0 Å². The van der Waals surface area contributed by atoms with Gasteiger partial charge in [-0.05, 0) is 23.8 Å². The van der Waals surface area contributed by atoms with Crippen LogP contribution in [0, 0.1) is 0 Å². The Balaban J connectivity index is 1.94. The molecule has 0 saturated heterocycles. The molecular weight excluding hydrogens is 426 g/mol. The van der Waals surface area contributed by atoms with Gasteiger partial charge in [-0.3, -0.25) is 9.59 Å². The molecule has 2 aromatic carbocycles. The highest BCUT2D eigenvalue weighted by atomic mass is 35.5. The molecule has 0 aliphatic heterocycles. The van der Waals surface area contributed by atoms with E-state index in [1.54, 1.807) is 13.8 Å². The molecule has 0 unspecified atom stereocenters. The number of nitrogens with zero attached hydrogens (tertiary/aromatic N) is 1. The molecule has 0 atom stereocenters. The van der Waals surface area contributed by atoms with Crippen LogP contribution in [0.1, 0.15) is 25.8 Å². The Bertz CT molecular complexity index is 977. The highest BCUT2D eigenvalue weighted by Crippen LogP contribution is 2.27. The summed E-state index contributed by atoms with van der Waals surface area (Å²) >= 11 is 6.12. The van der Waals surface area contributed by atoms with Crippen molar-refractivity contribution in [2.45, 2.75) is 31.6 Å². The van der Waals surface area contributed by atoms with Crippen LogP contribution >= 0.6 is 11.6 Å². The summed E-state index contributed by atoms with van der Waals surface area (Å²) in [4.78, 5) is 24.2. The van der Waals surface area contributed by atoms with Gasteiger partial charge in [-0.25, -0.2) is 8.42 Å². The molecule has 0 radical (unpaired) electrons. The maximum Gasteiger partial charge on any atom is 0.243 e. The Morgan fingerprint density at radius 2 is 1.67 bits per heavy atom. The van der Waals surface area contributed by atoms with Gasteiger partial charge in [-0.15, -0.1) is 0 Å². The number of amides is 2. The van der Waals surface area contributed by atoms with Crippen LogP contribution in [0.5, 0.6) is 0 Å². The molecule has 2 N–H and O–H groups in total. The van der Waals surface area contributed by atoms with E-state index in [1.165, 1.54) is 22.5 Å². The van der Waals surface area contributed by atoms with Crippen LogP contribution in [0.25, 0.3) is 0 Å². The Kier molecular flexibility index (Phi) is 8.83. The highest BCUT2D eigenvalue weighted by molar-refractivity contribution is 7.89. The van der Waals surface area contributed by atoms with E-state index in [-0.39, 0.29) is 46.8 Å². The quantitative estimate of drug-likeness (QED) is 0.580. The number of carbonyl (C=O) groups excluding carboxylic acids is 2. The normalized spacial score (nSPS) is 11.3. The van der Waals surface area contributed by atoms with Crippen LogP contribution in [0.3, 0.4) is 0 Å². The van der Waals surface area contributed by atoms with E-state index in [4.69, 9.17) is 11.6 Å². The average molecular weight is 452 g/mol. The predicted molar refractivity (Wildman–Crippen MR) is 118 cm³/mol. The fourth-order valence-electron chi connectivity index (χ4n) is 2.85. The molecule has 0 spiro atoms. The average Bonchev–Trinajstić information content (AvgIpc) is 2.71. The summed E-state index contributed by atoms with van der Waals surface area (Å²) in [5.74, 6) is -0.561. The molecule has 0 aliphatic rings. The molecule has 0 heterocycles. The third kappa shape index (κ3) is 6.55. The second kappa shape index (κ2) is 11.1. The third-order valence-corrected chi connectivity index (χ3v) is 6.81. The summed E-state index contributed by atoms with van der Waals surface area (Å²) in [6.07, 6.45) is 0.267. The van der Waals surface area contributed by atoms with E-state index >= 15 is 0 Å². The first-order chi connectivity index (χ1) is 14.3. The van der Waals surface area contributed by atoms with Crippen molar-refractivity contribution in [1.82, 2.24) is 9.62 Å². The van der Waals surface area contributed by atoms with Crippen LogP contribution in [0.4, 0.5) is 5.69 Å². The topological polar surface area (TPSA) is 95.6 Å². The molecule has 0 saturated carbocycles. The first kappa shape index (κ1) is 23.9. The van der Waals surface area contributed by atoms with Gasteiger partial charge in [-0.1, -0.05) is 55.8 Å². The standard InChI is InChI=1S/C21H26ClN3O4S/c1-3-25(4-2)30(28,29)17-10-11-18(22)19(15-17)24-20(26)12-13-23-21(27)14-16-8-6-5-7-9-16/h5-11,15H,3-4,12-14H2,1-2H3,(H,23,27)(H,24,26). The lowest BCUT2D eigenvalue weighted by molar-refractivity contribution is -0.120. The molecule has 0 aromatic heterocycles. The minimum atomic E-state index is -3.67. The first-order valence-electron chi connectivity index (χ1n) is 9.68. The maximum absolute atomic E-state index is 12.7. The van der Waals surface area contributed by atoms with Gasteiger partial charge < -0.3 is 10.6 Å². The molecule has 162 valence electrons. The zero-order valence-corrected chi connectivity index (χ0v) is 18.6. The smallest absolute Gasteiger partial charge is 0.243 e. The van der Waals surface area contributed by atoms with Gasteiger partial charge in [0.15, 0.2) is 0 Å². The van der Waals surface area contributed by atoms with E-state index in [0.29, 0.717) is 13.1 Å². The van der Waals surface area contributed by atoms with E-state index in [9.17, 15) is 18.0 Å². The first-order valence-corrected chi connectivity index (χ1v) is 11.5. The van der Waals surface area contributed by atoms with Crippen molar-refractivity contribution in [3.63, 3.8) is 0 Å². The largest absolute Gasteiger partial charge is 0.355 e. The minimum Gasteiger partial charge on any atom is -0.355 e. The molecule has 2 rings (SSSR count). The predicted octanol–water partition coefficient (Wildman–Crippen LogP) is 3.06. The van der Waals surface area contributed by atoms with Crippen LogP contribution < -0.4 is 10.6 Å². The minimum absolute atomic E-state index is 0.0316. The number of benzene rings is 2. The van der Waals surface area contributed by atoms with E-state index in [1.807, 2.05) is 30.3 Å². The summed E-state index contributed by atoms with van der Waals surface area (Å²) in [5.41, 5.74) is 1.10. The van der Waals surface area contributed by atoms with E-state index in [2.05, 4.69) is 10.6 Å².